The number of thiophene rings is 1. The molecule has 0 spiro atoms. The zero-order chi connectivity index (χ0) is 14.7. The molecule has 0 radical (unpaired) electrons. The molecule has 0 fully saturated rings. The first-order chi connectivity index (χ1) is 10.3. The normalized spacial score (nSPS) is 11.0. The summed E-state index contributed by atoms with van der Waals surface area (Å²) in [7, 11) is 0. The van der Waals surface area contributed by atoms with Crippen LogP contribution >= 0.6 is 11.3 Å². The smallest absolute Gasteiger partial charge is 0.123 e. The summed E-state index contributed by atoms with van der Waals surface area (Å²) < 4.78 is 15.0. The van der Waals surface area contributed by atoms with Gasteiger partial charge in [-0.1, -0.05) is 23.4 Å². The highest BCUT2D eigenvalue weighted by molar-refractivity contribution is 7.09. The Hall–Kier alpha value is -2.05. The molecule has 0 unspecified atom stereocenters. The molecule has 0 aliphatic rings. The van der Waals surface area contributed by atoms with E-state index >= 15 is 0 Å². The van der Waals surface area contributed by atoms with E-state index in [1.807, 2.05) is 23.6 Å². The molecule has 0 aliphatic heterocycles. The molecule has 6 heteroatoms. The zero-order valence-corrected chi connectivity index (χ0v) is 12.1. The maximum absolute atomic E-state index is 13.3. The minimum absolute atomic E-state index is 0.149. The second-order valence-corrected chi connectivity index (χ2v) is 5.72. The summed E-state index contributed by atoms with van der Waals surface area (Å²) in [5.41, 5.74) is 2.25. The van der Waals surface area contributed by atoms with Crippen LogP contribution in [0.5, 0.6) is 0 Å². The third-order valence-electron chi connectivity index (χ3n) is 3.21. The summed E-state index contributed by atoms with van der Waals surface area (Å²) in [5, 5.41) is 19.5. The SMILES string of the molecule is OCc1nnn(Cc2cccc(F)c2)c1Cc1cccs1. The number of rotatable bonds is 5. The Balaban J connectivity index is 1.89. The van der Waals surface area contributed by atoms with Crippen molar-refractivity contribution in [2.75, 3.05) is 0 Å². The molecule has 0 aliphatic carbocycles. The maximum Gasteiger partial charge on any atom is 0.123 e. The number of aliphatic hydroxyl groups is 1. The highest BCUT2D eigenvalue weighted by Crippen LogP contribution is 2.18. The van der Waals surface area contributed by atoms with E-state index in [2.05, 4.69) is 10.3 Å². The van der Waals surface area contributed by atoms with Gasteiger partial charge in [0, 0.05) is 11.3 Å². The van der Waals surface area contributed by atoms with Crippen LogP contribution in [0.4, 0.5) is 4.39 Å². The predicted molar refractivity (Wildman–Crippen MR) is 78.6 cm³/mol. The first-order valence-electron chi connectivity index (χ1n) is 6.55. The van der Waals surface area contributed by atoms with Gasteiger partial charge in [-0.2, -0.15) is 0 Å². The fourth-order valence-corrected chi connectivity index (χ4v) is 2.91. The highest BCUT2D eigenvalue weighted by Gasteiger charge is 2.13. The summed E-state index contributed by atoms with van der Waals surface area (Å²) in [6.45, 7) is 0.287. The van der Waals surface area contributed by atoms with Gasteiger partial charge in [0.15, 0.2) is 0 Å². The number of halogens is 1. The molecule has 21 heavy (non-hydrogen) atoms. The Morgan fingerprint density at radius 2 is 2.14 bits per heavy atom. The first-order valence-corrected chi connectivity index (χ1v) is 7.43. The molecular formula is C15H14FN3OS. The monoisotopic (exact) mass is 303 g/mol. The zero-order valence-electron chi connectivity index (χ0n) is 11.2. The molecule has 0 amide bonds. The Morgan fingerprint density at radius 1 is 1.24 bits per heavy atom. The Morgan fingerprint density at radius 3 is 2.86 bits per heavy atom. The van der Waals surface area contributed by atoms with Gasteiger partial charge < -0.3 is 5.11 Å². The second kappa shape index (κ2) is 6.15. The standard InChI is InChI=1S/C15H14FN3OS/c16-12-4-1-3-11(7-12)9-19-15(14(10-20)17-18-19)8-13-5-2-6-21-13/h1-7,20H,8-10H2. The summed E-state index contributed by atoms with van der Waals surface area (Å²) in [6, 6.07) is 10.4. The lowest BCUT2D eigenvalue weighted by Gasteiger charge is -2.07. The van der Waals surface area contributed by atoms with E-state index in [0.717, 1.165) is 11.3 Å². The van der Waals surface area contributed by atoms with Gasteiger partial charge in [0.1, 0.15) is 11.5 Å². The number of hydrogen-bond acceptors (Lipinski definition) is 4. The lowest BCUT2D eigenvalue weighted by atomic mass is 10.2. The van der Waals surface area contributed by atoms with Gasteiger partial charge in [0.2, 0.25) is 0 Å². The molecule has 4 nitrogen and oxygen atoms in total. The van der Waals surface area contributed by atoms with Crippen molar-refractivity contribution in [3.8, 4) is 0 Å². The van der Waals surface area contributed by atoms with Crippen molar-refractivity contribution >= 4 is 11.3 Å². The van der Waals surface area contributed by atoms with E-state index in [1.54, 1.807) is 22.1 Å². The van der Waals surface area contributed by atoms with Crippen LogP contribution in [0.25, 0.3) is 0 Å². The van der Waals surface area contributed by atoms with Crippen molar-refractivity contribution in [1.82, 2.24) is 15.0 Å². The average Bonchev–Trinajstić information content (AvgIpc) is 3.10. The van der Waals surface area contributed by atoms with Crippen molar-refractivity contribution < 1.29 is 9.50 Å². The van der Waals surface area contributed by atoms with Crippen LogP contribution in [-0.2, 0) is 19.6 Å². The summed E-state index contributed by atoms with van der Waals surface area (Å²) >= 11 is 1.65. The number of hydrogen-bond donors (Lipinski definition) is 1. The number of aromatic nitrogens is 3. The number of nitrogens with zero attached hydrogens (tertiary/aromatic N) is 3. The van der Waals surface area contributed by atoms with Gasteiger partial charge in [0.05, 0.1) is 18.8 Å². The largest absolute Gasteiger partial charge is 0.390 e. The van der Waals surface area contributed by atoms with E-state index < -0.39 is 0 Å². The van der Waals surface area contributed by atoms with E-state index in [4.69, 9.17) is 0 Å². The Kier molecular flexibility index (Phi) is 4.08. The van der Waals surface area contributed by atoms with Crippen LogP contribution < -0.4 is 0 Å². The van der Waals surface area contributed by atoms with Crippen molar-refractivity contribution in [3.63, 3.8) is 0 Å². The fourth-order valence-electron chi connectivity index (χ4n) is 2.20. The third-order valence-corrected chi connectivity index (χ3v) is 4.09. The first kappa shape index (κ1) is 13.9. The van der Waals surface area contributed by atoms with Gasteiger partial charge >= 0.3 is 0 Å². The molecular weight excluding hydrogens is 289 g/mol. The lowest BCUT2D eigenvalue weighted by molar-refractivity contribution is 0.275. The topological polar surface area (TPSA) is 50.9 Å². The molecule has 2 heterocycles. The average molecular weight is 303 g/mol. The van der Waals surface area contributed by atoms with E-state index in [0.29, 0.717) is 18.7 Å². The van der Waals surface area contributed by atoms with Gasteiger partial charge in [-0.05, 0) is 29.1 Å². The summed E-state index contributed by atoms with van der Waals surface area (Å²) in [5.74, 6) is -0.269. The molecule has 3 rings (SSSR count). The van der Waals surface area contributed by atoms with Crippen molar-refractivity contribution in [2.45, 2.75) is 19.6 Å². The molecule has 1 aromatic carbocycles. The van der Waals surface area contributed by atoms with Crippen LogP contribution in [0.15, 0.2) is 41.8 Å². The quantitative estimate of drug-likeness (QED) is 0.788. The Labute approximate surface area is 125 Å². The van der Waals surface area contributed by atoms with Crippen molar-refractivity contribution in [1.29, 1.82) is 0 Å². The van der Waals surface area contributed by atoms with Crippen LogP contribution in [0, 0.1) is 5.82 Å². The summed E-state index contributed by atoms with van der Waals surface area (Å²) in [6.07, 6.45) is 0.663. The minimum Gasteiger partial charge on any atom is -0.390 e. The van der Waals surface area contributed by atoms with Crippen LogP contribution in [-0.4, -0.2) is 20.1 Å². The third kappa shape index (κ3) is 3.17. The highest BCUT2D eigenvalue weighted by atomic mass is 32.1. The van der Waals surface area contributed by atoms with Crippen molar-refractivity contribution in [2.24, 2.45) is 0 Å². The molecule has 0 bridgehead atoms. The van der Waals surface area contributed by atoms with Crippen LogP contribution in [0.3, 0.4) is 0 Å². The summed E-state index contributed by atoms with van der Waals surface area (Å²) in [4.78, 5) is 1.17. The van der Waals surface area contributed by atoms with Crippen molar-refractivity contribution in [3.05, 3.63) is 69.4 Å². The van der Waals surface area contributed by atoms with Crippen LogP contribution in [0.2, 0.25) is 0 Å². The van der Waals surface area contributed by atoms with E-state index in [9.17, 15) is 9.50 Å². The molecule has 2 aromatic heterocycles. The molecule has 1 N–H and O–H groups in total. The molecule has 3 aromatic rings. The molecule has 0 saturated heterocycles. The molecule has 0 saturated carbocycles. The fraction of sp³-hybridized carbons (Fsp3) is 0.200. The maximum atomic E-state index is 13.3. The molecule has 0 atom stereocenters. The van der Waals surface area contributed by atoms with Gasteiger partial charge in [0.25, 0.3) is 0 Å². The van der Waals surface area contributed by atoms with Gasteiger partial charge in [-0.15, -0.1) is 16.4 Å². The van der Waals surface area contributed by atoms with Gasteiger partial charge in [-0.25, -0.2) is 9.07 Å². The van der Waals surface area contributed by atoms with Gasteiger partial charge in [-0.3, -0.25) is 0 Å². The molecule has 108 valence electrons. The number of aliphatic hydroxyl groups excluding tert-OH is 1. The van der Waals surface area contributed by atoms with E-state index in [-0.39, 0.29) is 12.4 Å². The second-order valence-electron chi connectivity index (χ2n) is 4.68. The van der Waals surface area contributed by atoms with Crippen LogP contribution in [0.1, 0.15) is 21.8 Å². The number of benzene rings is 1. The van der Waals surface area contributed by atoms with E-state index in [1.165, 1.54) is 17.0 Å². The predicted octanol–water partition coefficient (Wildman–Crippen LogP) is 2.61. The lowest BCUT2D eigenvalue weighted by Crippen LogP contribution is -2.08. The minimum atomic E-state index is -0.269. The Bertz CT molecular complexity index is 724.